The van der Waals surface area contributed by atoms with E-state index in [9.17, 15) is 35.9 Å². The number of halogens is 6. The van der Waals surface area contributed by atoms with E-state index in [1.807, 2.05) is 10.3 Å². The summed E-state index contributed by atoms with van der Waals surface area (Å²) in [5, 5.41) is 2.77. The minimum absolute atomic E-state index is 0.00117. The van der Waals surface area contributed by atoms with E-state index in [1.54, 1.807) is 4.90 Å². The first-order chi connectivity index (χ1) is 18.9. The Morgan fingerprint density at radius 3 is 2.73 bits per heavy atom. The van der Waals surface area contributed by atoms with Gasteiger partial charge in [0.25, 0.3) is 0 Å². The first-order valence-corrected chi connectivity index (χ1v) is 12.5. The summed E-state index contributed by atoms with van der Waals surface area (Å²) >= 11 is 0. The zero-order valence-corrected chi connectivity index (χ0v) is 21.5. The molecule has 4 atom stereocenters. The number of pyridine rings is 1. The maximum absolute atomic E-state index is 13.4. The minimum Gasteiger partial charge on any atom is -0.487 e. The predicted octanol–water partition coefficient (Wildman–Crippen LogP) is 0.703. The number of hydrazine groups is 1. The molecule has 3 aliphatic heterocycles. The summed E-state index contributed by atoms with van der Waals surface area (Å²) in [6.07, 6.45) is -8.51. The molecular weight excluding hydrogens is 554 g/mol. The number of ether oxygens (including phenoxy) is 3. The average Bonchev–Trinajstić information content (AvgIpc) is 2.89. The highest BCUT2D eigenvalue weighted by Crippen LogP contribution is 2.38. The zero-order chi connectivity index (χ0) is 29.1. The normalized spacial score (nSPS) is 24.1. The number of nitrogens with zero attached hydrogens (tertiary/aromatic N) is 3. The van der Waals surface area contributed by atoms with E-state index in [-0.39, 0.29) is 63.6 Å². The Labute approximate surface area is 225 Å². The lowest BCUT2D eigenvalue weighted by Crippen LogP contribution is -2.65. The molecule has 0 saturated carbocycles. The Kier molecular flexibility index (Phi) is 9.26. The summed E-state index contributed by atoms with van der Waals surface area (Å²) in [6, 6.07) is -1.28. The van der Waals surface area contributed by atoms with Crippen LogP contribution in [0.2, 0.25) is 0 Å². The van der Waals surface area contributed by atoms with E-state index in [4.69, 9.17) is 14.2 Å². The number of piperazine rings is 1. The van der Waals surface area contributed by atoms with Crippen molar-refractivity contribution in [1.29, 1.82) is 0 Å². The number of carbonyl (C=O) groups excluding carboxylic acids is 2. The summed E-state index contributed by atoms with van der Waals surface area (Å²) in [5.74, 6) is -3.30. The molecule has 2 amide bonds. The highest BCUT2D eigenvalue weighted by atomic mass is 19.4. The summed E-state index contributed by atoms with van der Waals surface area (Å²) in [5.41, 5.74) is 3.52. The molecular formula is C23H30F6N6O5. The van der Waals surface area contributed by atoms with E-state index in [2.05, 4.69) is 15.7 Å². The van der Waals surface area contributed by atoms with Crippen molar-refractivity contribution in [2.45, 2.75) is 36.9 Å². The lowest BCUT2D eigenvalue weighted by Gasteiger charge is -2.44. The van der Waals surface area contributed by atoms with E-state index >= 15 is 0 Å². The molecule has 40 heavy (non-hydrogen) atoms. The molecule has 3 aliphatic rings. The zero-order valence-electron chi connectivity index (χ0n) is 21.5. The second kappa shape index (κ2) is 12.3. The van der Waals surface area contributed by atoms with Crippen LogP contribution in [0.4, 0.5) is 32.2 Å². The maximum Gasteiger partial charge on any atom is 0.418 e. The molecule has 1 aromatic rings. The quantitative estimate of drug-likeness (QED) is 0.285. The van der Waals surface area contributed by atoms with E-state index in [1.165, 1.54) is 7.11 Å². The van der Waals surface area contributed by atoms with Crippen LogP contribution in [0.3, 0.4) is 0 Å². The average molecular weight is 585 g/mol. The second-order valence-corrected chi connectivity index (χ2v) is 9.68. The van der Waals surface area contributed by atoms with Gasteiger partial charge in [0.1, 0.15) is 6.61 Å². The predicted molar refractivity (Wildman–Crippen MR) is 126 cm³/mol. The van der Waals surface area contributed by atoms with Gasteiger partial charge in [-0.3, -0.25) is 15.0 Å². The first-order valence-electron chi connectivity index (χ1n) is 12.5. The summed E-state index contributed by atoms with van der Waals surface area (Å²) < 4.78 is 95.3. The third-order valence-corrected chi connectivity index (χ3v) is 6.87. The van der Waals surface area contributed by atoms with Crippen molar-refractivity contribution in [3.8, 4) is 5.75 Å². The standard InChI is InChI=1S/C23H30F6N6O5/c1-38-10-14(32-16-8-31-33-21(37)19(16)23(27,28)29)11-39-5-2-18(36)34-3-4-35-15(9-34)12-40-17-6-13(22(24,25)26)7-30-20(17)35/h6-7,14-16,19,31-32H,2-5,8-12H2,1H3,(H,33,37)/t14-,15+,16?,19?/m0/s1. The third-order valence-electron chi connectivity index (χ3n) is 6.87. The van der Waals surface area contributed by atoms with E-state index < -0.39 is 41.8 Å². The SMILES string of the molecule is COC[C@@H](COCCC(=O)N1CCN2c3ncc(C(F)(F)F)cc3OC[C@H]2C1)NC1CNNC(=O)C1C(F)(F)F. The summed E-state index contributed by atoms with van der Waals surface area (Å²) in [4.78, 5) is 31.9. The Morgan fingerprint density at radius 2 is 2.02 bits per heavy atom. The topological polar surface area (TPSA) is 117 Å². The number of rotatable bonds is 9. The highest BCUT2D eigenvalue weighted by Gasteiger charge is 2.51. The van der Waals surface area contributed by atoms with Crippen LogP contribution in [0, 0.1) is 5.92 Å². The van der Waals surface area contributed by atoms with Crippen molar-refractivity contribution in [2.75, 3.05) is 64.6 Å². The number of anilines is 1. The molecule has 2 saturated heterocycles. The van der Waals surface area contributed by atoms with Gasteiger partial charge in [0.15, 0.2) is 17.5 Å². The number of alkyl halides is 6. The molecule has 0 aliphatic carbocycles. The van der Waals surface area contributed by atoms with E-state index in [0.29, 0.717) is 18.9 Å². The molecule has 4 heterocycles. The molecule has 224 valence electrons. The Hall–Kier alpha value is -2.89. The molecule has 0 spiro atoms. The van der Waals surface area contributed by atoms with Crippen LogP contribution < -0.4 is 25.8 Å². The summed E-state index contributed by atoms with van der Waals surface area (Å²) in [6.45, 7) is 0.846. The van der Waals surface area contributed by atoms with Gasteiger partial charge in [0.2, 0.25) is 11.8 Å². The molecule has 17 heteroatoms. The van der Waals surface area contributed by atoms with Crippen LogP contribution in [-0.2, 0) is 25.2 Å². The van der Waals surface area contributed by atoms with Gasteiger partial charge in [-0.25, -0.2) is 10.4 Å². The highest BCUT2D eigenvalue weighted by molar-refractivity contribution is 5.80. The third kappa shape index (κ3) is 7.05. The lowest BCUT2D eigenvalue weighted by atomic mass is 9.96. The number of amides is 2. The molecule has 2 fully saturated rings. The van der Waals surface area contributed by atoms with Gasteiger partial charge in [-0.15, -0.1) is 0 Å². The Bertz CT molecular complexity index is 1060. The van der Waals surface area contributed by atoms with Gasteiger partial charge in [-0.1, -0.05) is 0 Å². The molecule has 4 rings (SSSR count). The van der Waals surface area contributed by atoms with Crippen molar-refractivity contribution < 1.29 is 50.1 Å². The van der Waals surface area contributed by atoms with Crippen molar-refractivity contribution in [2.24, 2.45) is 5.92 Å². The van der Waals surface area contributed by atoms with Gasteiger partial charge in [-0.05, 0) is 6.07 Å². The fourth-order valence-electron chi connectivity index (χ4n) is 4.95. The number of carbonyl (C=O) groups is 2. The van der Waals surface area contributed by atoms with Crippen LogP contribution in [0.1, 0.15) is 12.0 Å². The van der Waals surface area contributed by atoms with Gasteiger partial charge in [0, 0.05) is 45.5 Å². The van der Waals surface area contributed by atoms with E-state index in [0.717, 1.165) is 12.3 Å². The molecule has 3 N–H and O–H groups in total. The smallest absolute Gasteiger partial charge is 0.418 e. The minimum atomic E-state index is -4.74. The molecule has 11 nitrogen and oxygen atoms in total. The van der Waals surface area contributed by atoms with Gasteiger partial charge >= 0.3 is 12.4 Å². The Morgan fingerprint density at radius 1 is 1.25 bits per heavy atom. The number of hydrogen-bond donors (Lipinski definition) is 3. The molecule has 0 bridgehead atoms. The van der Waals surface area contributed by atoms with Gasteiger partial charge in [-0.2, -0.15) is 26.3 Å². The monoisotopic (exact) mass is 584 g/mol. The number of hydrogen-bond acceptors (Lipinski definition) is 9. The van der Waals surface area contributed by atoms with Gasteiger partial charge in [0.05, 0.1) is 43.9 Å². The fraction of sp³-hybridized carbons (Fsp3) is 0.696. The van der Waals surface area contributed by atoms with Crippen LogP contribution in [0.25, 0.3) is 0 Å². The lowest BCUT2D eigenvalue weighted by molar-refractivity contribution is -0.193. The number of fused-ring (bicyclic) bond motifs is 3. The van der Waals surface area contributed by atoms with Crippen LogP contribution in [-0.4, -0.2) is 106 Å². The number of aromatic nitrogens is 1. The molecule has 0 radical (unpaired) electrons. The Balaban J connectivity index is 1.24. The van der Waals surface area contributed by atoms with Crippen LogP contribution >= 0.6 is 0 Å². The molecule has 2 unspecified atom stereocenters. The summed E-state index contributed by atoms with van der Waals surface area (Å²) in [7, 11) is 1.38. The van der Waals surface area contributed by atoms with Crippen LogP contribution in [0.5, 0.6) is 5.75 Å². The van der Waals surface area contributed by atoms with Crippen molar-refractivity contribution in [1.82, 2.24) is 26.1 Å². The molecule has 0 aromatic carbocycles. The maximum atomic E-state index is 13.4. The largest absolute Gasteiger partial charge is 0.487 e. The number of methoxy groups -OCH3 is 1. The van der Waals surface area contributed by atoms with Crippen molar-refractivity contribution in [3.05, 3.63) is 17.8 Å². The number of nitrogens with one attached hydrogen (secondary N) is 3. The van der Waals surface area contributed by atoms with Crippen molar-refractivity contribution in [3.63, 3.8) is 0 Å². The van der Waals surface area contributed by atoms with Crippen molar-refractivity contribution >= 4 is 17.6 Å². The van der Waals surface area contributed by atoms with Gasteiger partial charge < -0.3 is 29.3 Å². The molecule has 1 aromatic heterocycles. The second-order valence-electron chi connectivity index (χ2n) is 9.68. The van der Waals surface area contributed by atoms with Crippen LogP contribution in [0.15, 0.2) is 12.3 Å². The fourth-order valence-corrected chi connectivity index (χ4v) is 4.95. The first kappa shape index (κ1) is 30.1.